The molecule has 0 amide bonds. The van der Waals surface area contributed by atoms with Crippen molar-refractivity contribution in [1.29, 1.82) is 0 Å². The van der Waals surface area contributed by atoms with Gasteiger partial charge in [-0.1, -0.05) is 0 Å². The molecule has 0 aromatic rings. The number of hydrogen-bond acceptors (Lipinski definition) is 0. The summed E-state index contributed by atoms with van der Waals surface area (Å²) >= 11 is 0. The van der Waals surface area contributed by atoms with E-state index in [2.05, 4.69) is 0 Å². The largest absolute Gasteiger partial charge is 1.00 e. The second-order valence-electron chi connectivity index (χ2n) is 0. The fraction of sp³-hybridized carbons (Fsp3) is 0. The fourth-order valence-electron chi connectivity index (χ4n) is 0. The van der Waals surface area contributed by atoms with Crippen LogP contribution < -0.4 is 29.6 Å². The van der Waals surface area contributed by atoms with E-state index in [1.54, 1.807) is 0 Å². The molecular formula is HMnNaNiZn. The monoisotopic (exact) mass is 201 g/mol. The van der Waals surface area contributed by atoms with Crippen LogP contribution in [0, 0.1) is 0 Å². The third kappa shape index (κ3) is 8.82. The third-order valence-electron chi connectivity index (χ3n) is 0. The smallest absolute Gasteiger partial charge is 1.00 e. The Hall–Kier alpha value is 2.64. The van der Waals surface area contributed by atoms with Gasteiger partial charge in [0.05, 0.1) is 0 Å². The summed E-state index contributed by atoms with van der Waals surface area (Å²) in [6.45, 7) is 0. The molecule has 1 radical (unpaired) electrons. The zero-order chi connectivity index (χ0) is 0. The minimum absolute atomic E-state index is 0. The molecule has 0 N–H and O–H groups in total. The zero-order valence-corrected chi connectivity index (χ0v) is 9.54. The molecule has 4 heavy (non-hydrogen) atoms. The predicted octanol–water partition coefficient (Wildman–Crippen LogP) is -2.89. The van der Waals surface area contributed by atoms with Gasteiger partial charge < -0.3 is 1.43 Å². The zero-order valence-electron chi connectivity index (χ0n) is 3.40. The molecule has 0 rings (SSSR count). The van der Waals surface area contributed by atoms with Crippen molar-refractivity contribution in [3.8, 4) is 0 Å². The van der Waals surface area contributed by atoms with Gasteiger partial charge in [0.1, 0.15) is 0 Å². The van der Waals surface area contributed by atoms with Gasteiger partial charge in [-0.15, -0.1) is 0 Å². The Morgan fingerprint density at radius 2 is 1.25 bits per heavy atom. The van der Waals surface area contributed by atoms with Crippen molar-refractivity contribution in [2.45, 2.75) is 0 Å². The summed E-state index contributed by atoms with van der Waals surface area (Å²) in [4.78, 5) is 0. The Balaban J connectivity index is 0. The van der Waals surface area contributed by atoms with Crippen LogP contribution in [0.1, 0.15) is 1.43 Å². The maximum Gasteiger partial charge on any atom is 1.00 e. The second kappa shape index (κ2) is 17.4. The van der Waals surface area contributed by atoms with Crippen LogP contribution in [0.25, 0.3) is 0 Å². The average Bonchev–Trinajstić information content (AvgIpc) is 0. The molecule has 0 bridgehead atoms. The maximum absolute atomic E-state index is 0. The quantitative estimate of drug-likeness (QED) is 0.371. The van der Waals surface area contributed by atoms with Crippen LogP contribution in [0.4, 0.5) is 0 Å². The molecule has 0 aliphatic rings. The normalized spacial score (nSPS) is 0. The summed E-state index contributed by atoms with van der Waals surface area (Å²) in [5, 5.41) is 0. The van der Waals surface area contributed by atoms with Gasteiger partial charge in [0.15, 0.2) is 0 Å². The minimum atomic E-state index is 0. The topological polar surface area (TPSA) is 0 Å². The molecule has 0 fully saturated rings. The minimum Gasteiger partial charge on any atom is -1.00 e. The van der Waals surface area contributed by atoms with Crippen molar-refractivity contribution in [2.24, 2.45) is 0 Å². The van der Waals surface area contributed by atoms with Crippen LogP contribution >= 0.6 is 0 Å². The molecule has 0 heterocycles. The van der Waals surface area contributed by atoms with Gasteiger partial charge in [0, 0.05) is 53.0 Å². The van der Waals surface area contributed by atoms with E-state index in [0.29, 0.717) is 0 Å². The number of rotatable bonds is 0. The number of hydrogen-bond donors (Lipinski definition) is 0. The Kier molecular flexibility index (Phi) is 132. The molecule has 0 saturated carbocycles. The maximum atomic E-state index is 0. The summed E-state index contributed by atoms with van der Waals surface area (Å²) in [7, 11) is 0. The standard InChI is InChI=1S/Mn.Na.Ni.Zn.H/q;+1;;;-1. The van der Waals surface area contributed by atoms with Gasteiger partial charge in [-0.2, -0.15) is 0 Å². The van der Waals surface area contributed by atoms with E-state index in [0.717, 1.165) is 0 Å². The molecule has 0 aromatic carbocycles. The van der Waals surface area contributed by atoms with E-state index >= 15 is 0 Å². The first-order valence-corrected chi connectivity index (χ1v) is 0. The average molecular weight is 203 g/mol. The van der Waals surface area contributed by atoms with Crippen LogP contribution in [0.3, 0.4) is 0 Å². The van der Waals surface area contributed by atoms with Crippen LogP contribution in [-0.2, 0) is 53.0 Å². The first-order valence-electron chi connectivity index (χ1n) is 0. The second-order valence-corrected chi connectivity index (χ2v) is 0. The van der Waals surface area contributed by atoms with Crippen molar-refractivity contribution in [3.05, 3.63) is 0 Å². The molecular weight excluding hydrogens is 202 g/mol. The summed E-state index contributed by atoms with van der Waals surface area (Å²) in [5.41, 5.74) is 0. The summed E-state index contributed by atoms with van der Waals surface area (Å²) in [6, 6.07) is 0. The van der Waals surface area contributed by atoms with E-state index in [1.807, 2.05) is 0 Å². The Morgan fingerprint density at radius 3 is 1.25 bits per heavy atom. The molecule has 0 nitrogen and oxygen atoms in total. The van der Waals surface area contributed by atoms with Crippen molar-refractivity contribution >= 4 is 0 Å². The van der Waals surface area contributed by atoms with Gasteiger partial charge >= 0.3 is 29.6 Å². The van der Waals surface area contributed by atoms with Gasteiger partial charge in [0.25, 0.3) is 0 Å². The molecule has 0 atom stereocenters. The summed E-state index contributed by atoms with van der Waals surface area (Å²) in [6.07, 6.45) is 0. The Bertz CT molecular complexity index is 11.6. The first kappa shape index (κ1) is 30.3. The molecule has 0 unspecified atom stereocenters. The van der Waals surface area contributed by atoms with Crippen molar-refractivity contribution in [2.75, 3.05) is 0 Å². The van der Waals surface area contributed by atoms with E-state index in [4.69, 9.17) is 0 Å². The Morgan fingerprint density at radius 1 is 1.25 bits per heavy atom. The van der Waals surface area contributed by atoms with Crippen LogP contribution in [-0.4, -0.2) is 0 Å². The molecule has 21 valence electrons. The van der Waals surface area contributed by atoms with E-state index < -0.39 is 0 Å². The predicted molar refractivity (Wildman–Crippen MR) is 1.11 cm³/mol. The van der Waals surface area contributed by atoms with Crippen molar-refractivity contribution in [1.82, 2.24) is 0 Å². The van der Waals surface area contributed by atoms with Gasteiger partial charge in [0.2, 0.25) is 0 Å². The van der Waals surface area contributed by atoms with Gasteiger partial charge in [-0.05, 0) is 0 Å². The molecule has 0 aromatic heterocycles. The van der Waals surface area contributed by atoms with Gasteiger partial charge in [-0.25, -0.2) is 0 Å². The van der Waals surface area contributed by atoms with E-state index in [1.165, 1.54) is 0 Å². The van der Waals surface area contributed by atoms with Crippen LogP contribution in [0.2, 0.25) is 0 Å². The van der Waals surface area contributed by atoms with E-state index in [9.17, 15) is 0 Å². The molecule has 0 saturated heterocycles. The van der Waals surface area contributed by atoms with Gasteiger partial charge in [-0.3, -0.25) is 0 Å². The Labute approximate surface area is 82.8 Å². The first-order chi connectivity index (χ1) is 0. The molecule has 4 heteroatoms. The third-order valence-corrected chi connectivity index (χ3v) is 0. The molecule has 0 spiro atoms. The molecule has 0 aliphatic heterocycles. The summed E-state index contributed by atoms with van der Waals surface area (Å²) in [5.74, 6) is 0. The summed E-state index contributed by atoms with van der Waals surface area (Å²) < 4.78 is 0. The SMILES string of the molecule is [H-].[Mn].[Na+].[Ni].[Zn]. The van der Waals surface area contributed by atoms with Crippen LogP contribution in [0.5, 0.6) is 0 Å². The molecule has 0 aliphatic carbocycles. The van der Waals surface area contributed by atoms with Crippen molar-refractivity contribution < 1.29 is 84.0 Å². The van der Waals surface area contributed by atoms with E-state index in [-0.39, 0.29) is 84.0 Å². The fourth-order valence-corrected chi connectivity index (χ4v) is 0. The van der Waals surface area contributed by atoms with Crippen molar-refractivity contribution in [3.63, 3.8) is 0 Å². The van der Waals surface area contributed by atoms with Crippen LogP contribution in [0.15, 0.2) is 0 Å².